The Morgan fingerprint density at radius 3 is 2.55 bits per heavy atom. The van der Waals surface area contributed by atoms with E-state index in [1.54, 1.807) is 18.2 Å². The van der Waals surface area contributed by atoms with Gasteiger partial charge in [-0.15, -0.1) is 0 Å². The summed E-state index contributed by atoms with van der Waals surface area (Å²) >= 11 is 0. The van der Waals surface area contributed by atoms with E-state index in [4.69, 9.17) is 10.00 Å². The lowest BCUT2D eigenvalue weighted by Crippen LogP contribution is -2.27. The molecular formula is C30H31FN4O5. The lowest BCUT2D eigenvalue weighted by molar-refractivity contribution is 0.0694. The third-order valence-corrected chi connectivity index (χ3v) is 7.60. The van der Waals surface area contributed by atoms with Gasteiger partial charge in [0.2, 0.25) is 11.5 Å². The minimum Gasteiger partial charge on any atom is -0.477 e. The van der Waals surface area contributed by atoms with Crippen LogP contribution in [-0.2, 0) is 11.3 Å². The number of carboxylic acid groups (broad SMARTS) is 1. The highest BCUT2D eigenvalue weighted by molar-refractivity contribution is 5.95. The van der Waals surface area contributed by atoms with E-state index >= 15 is 4.39 Å². The summed E-state index contributed by atoms with van der Waals surface area (Å²) in [7, 11) is 0. The van der Waals surface area contributed by atoms with Gasteiger partial charge in [-0.1, -0.05) is 31.9 Å². The number of benzene rings is 2. The smallest absolute Gasteiger partial charge is 0.415 e. The van der Waals surface area contributed by atoms with Crippen LogP contribution in [0.4, 0.5) is 20.6 Å². The Labute approximate surface area is 231 Å². The maximum absolute atomic E-state index is 16.0. The van der Waals surface area contributed by atoms with E-state index in [0.717, 1.165) is 37.7 Å². The lowest BCUT2D eigenvalue weighted by atomic mass is 10.0. The molecular weight excluding hydrogens is 515 g/mol. The molecule has 208 valence electrons. The molecule has 0 bridgehead atoms. The quantitative estimate of drug-likeness (QED) is 0.333. The SMILES string of the molecule is CCCCCN(Cc1ccc(N2CC(C#N)OC2=O)cc1)c1cc2c(c(C)c1F)c(=O)c(C(=O)O)cn2C1CC1. The highest BCUT2D eigenvalue weighted by Crippen LogP contribution is 2.39. The Morgan fingerprint density at radius 2 is 1.95 bits per heavy atom. The second-order valence-electron chi connectivity index (χ2n) is 10.5. The Bertz CT molecular complexity index is 1570. The van der Waals surface area contributed by atoms with Crippen molar-refractivity contribution in [2.75, 3.05) is 22.9 Å². The van der Waals surface area contributed by atoms with E-state index in [2.05, 4.69) is 6.92 Å². The minimum atomic E-state index is -1.32. The molecule has 9 nitrogen and oxygen atoms in total. The number of carbonyl (C=O) groups excluding carboxylic acids is 1. The summed E-state index contributed by atoms with van der Waals surface area (Å²) in [6.45, 7) is 4.76. The average Bonchev–Trinajstić information content (AvgIpc) is 3.71. The van der Waals surface area contributed by atoms with Crippen molar-refractivity contribution in [2.45, 2.75) is 64.6 Å². The number of aromatic nitrogens is 1. The van der Waals surface area contributed by atoms with Crippen molar-refractivity contribution in [1.29, 1.82) is 5.26 Å². The molecule has 1 aliphatic carbocycles. The summed E-state index contributed by atoms with van der Waals surface area (Å²) in [6, 6.07) is 11.0. The third-order valence-electron chi connectivity index (χ3n) is 7.60. The second kappa shape index (κ2) is 11.0. The molecule has 1 aromatic heterocycles. The zero-order chi connectivity index (χ0) is 28.6. The molecule has 40 heavy (non-hydrogen) atoms. The van der Waals surface area contributed by atoms with Gasteiger partial charge in [0, 0.05) is 36.6 Å². The number of halogens is 1. The van der Waals surface area contributed by atoms with Gasteiger partial charge in [-0.05, 0) is 49.9 Å². The molecule has 1 amide bonds. The van der Waals surface area contributed by atoms with Gasteiger partial charge in [-0.25, -0.2) is 14.0 Å². The van der Waals surface area contributed by atoms with Crippen LogP contribution in [0.25, 0.3) is 10.9 Å². The number of aryl methyl sites for hydroxylation is 1. The summed E-state index contributed by atoms with van der Waals surface area (Å²) in [5, 5.41) is 18.8. The number of fused-ring (bicyclic) bond motifs is 1. The lowest BCUT2D eigenvalue weighted by Gasteiger charge is -2.27. The molecule has 0 radical (unpaired) electrons. The van der Waals surface area contributed by atoms with Gasteiger partial charge in [-0.3, -0.25) is 9.69 Å². The number of nitriles is 1. The van der Waals surface area contributed by atoms with Crippen molar-refractivity contribution in [2.24, 2.45) is 0 Å². The molecule has 10 heteroatoms. The van der Waals surface area contributed by atoms with Crippen LogP contribution in [0.15, 0.2) is 41.3 Å². The molecule has 1 atom stereocenters. The van der Waals surface area contributed by atoms with E-state index in [9.17, 15) is 19.5 Å². The monoisotopic (exact) mass is 546 g/mol. The van der Waals surface area contributed by atoms with Crippen LogP contribution in [-0.4, -0.2) is 40.9 Å². The van der Waals surface area contributed by atoms with Crippen LogP contribution in [0.5, 0.6) is 0 Å². The molecule has 2 aromatic carbocycles. The summed E-state index contributed by atoms with van der Waals surface area (Å²) in [4.78, 5) is 40.4. The second-order valence-corrected chi connectivity index (χ2v) is 10.5. The van der Waals surface area contributed by atoms with Crippen molar-refractivity contribution in [3.63, 3.8) is 0 Å². The van der Waals surface area contributed by atoms with Crippen LogP contribution in [0, 0.1) is 24.1 Å². The fraction of sp³-hybridized carbons (Fsp3) is 0.400. The Balaban J connectivity index is 1.53. The van der Waals surface area contributed by atoms with Gasteiger partial charge < -0.3 is 19.3 Å². The number of aromatic carboxylic acids is 1. The molecule has 3 aromatic rings. The molecule has 1 N–H and O–H groups in total. The van der Waals surface area contributed by atoms with Crippen LogP contribution >= 0.6 is 0 Å². The van der Waals surface area contributed by atoms with Gasteiger partial charge in [0.25, 0.3) is 0 Å². The van der Waals surface area contributed by atoms with Crippen molar-refractivity contribution in [3.05, 3.63) is 69.3 Å². The number of carbonyl (C=O) groups is 2. The summed E-state index contributed by atoms with van der Waals surface area (Å²) in [5.74, 6) is -1.86. The van der Waals surface area contributed by atoms with E-state index in [1.165, 1.54) is 18.0 Å². The van der Waals surface area contributed by atoms with Crippen molar-refractivity contribution in [3.8, 4) is 6.07 Å². The van der Waals surface area contributed by atoms with Gasteiger partial charge in [0.05, 0.1) is 23.1 Å². The fourth-order valence-corrected chi connectivity index (χ4v) is 5.27. The first-order valence-corrected chi connectivity index (χ1v) is 13.6. The van der Waals surface area contributed by atoms with Crippen LogP contribution < -0.4 is 15.2 Å². The first kappa shape index (κ1) is 27.2. The van der Waals surface area contributed by atoms with Gasteiger partial charge in [0.1, 0.15) is 17.4 Å². The fourth-order valence-electron chi connectivity index (χ4n) is 5.27. The molecule has 5 rings (SSSR count). The van der Waals surface area contributed by atoms with Crippen molar-refractivity contribution in [1.82, 2.24) is 4.57 Å². The summed E-state index contributed by atoms with van der Waals surface area (Å²) in [5.41, 5.74) is 1.53. The molecule has 2 aliphatic rings. The van der Waals surface area contributed by atoms with Crippen molar-refractivity contribution >= 4 is 34.3 Å². The van der Waals surface area contributed by atoms with E-state index in [-0.39, 0.29) is 29.1 Å². The Morgan fingerprint density at radius 1 is 1.23 bits per heavy atom. The third kappa shape index (κ3) is 5.11. The number of amides is 1. The molecule has 1 saturated carbocycles. The first-order chi connectivity index (χ1) is 19.2. The molecule has 2 heterocycles. The van der Waals surface area contributed by atoms with Gasteiger partial charge in [-0.2, -0.15) is 5.26 Å². The number of nitrogens with zero attached hydrogens (tertiary/aromatic N) is 4. The van der Waals surface area contributed by atoms with Gasteiger partial charge >= 0.3 is 12.1 Å². The van der Waals surface area contributed by atoms with Crippen LogP contribution in [0.1, 0.15) is 66.6 Å². The molecule has 2 fully saturated rings. The average molecular weight is 547 g/mol. The molecule has 1 aliphatic heterocycles. The number of carboxylic acids is 1. The number of anilines is 2. The summed E-state index contributed by atoms with van der Waals surface area (Å²) in [6.07, 6.45) is 4.57. The zero-order valence-corrected chi connectivity index (χ0v) is 22.5. The van der Waals surface area contributed by atoms with Gasteiger partial charge in [0.15, 0.2) is 0 Å². The van der Waals surface area contributed by atoms with E-state index in [1.807, 2.05) is 27.7 Å². The number of ether oxygens (including phenoxy) is 1. The number of hydrogen-bond acceptors (Lipinski definition) is 6. The Hall–Kier alpha value is -4.39. The predicted octanol–water partition coefficient (Wildman–Crippen LogP) is 5.53. The molecule has 1 unspecified atom stereocenters. The van der Waals surface area contributed by atoms with E-state index < -0.39 is 29.4 Å². The predicted molar refractivity (Wildman–Crippen MR) is 148 cm³/mol. The number of cyclic esters (lactones) is 1. The maximum Gasteiger partial charge on any atom is 0.415 e. The highest BCUT2D eigenvalue weighted by Gasteiger charge is 2.32. The topological polar surface area (TPSA) is 116 Å². The number of pyridine rings is 1. The number of hydrogen-bond donors (Lipinski definition) is 1. The normalized spacial score (nSPS) is 16.7. The highest BCUT2D eigenvalue weighted by atomic mass is 19.1. The largest absolute Gasteiger partial charge is 0.477 e. The Kier molecular flexibility index (Phi) is 7.48. The number of unbranched alkanes of at least 4 members (excludes halogenated alkanes) is 2. The zero-order valence-electron chi connectivity index (χ0n) is 22.5. The molecule has 0 spiro atoms. The van der Waals surface area contributed by atoms with Crippen LogP contribution in [0.3, 0.4) is 0 Å². The van der Waals surface area contributed by atoms with E-state index in [0.29, 0.717) is 30.0 Å². The van der Waals surface area contributed by atoms with Crippen molar-refractivity contribution < 1.29 is 23.8 Å². The maximum atomic E-state index is 16.0. The van der Waals surface area contributed by atoms with Crippen LogP contribution in [0.2, 0.25) is 0 Å². The standard InChI is InChI=1S/C30H31FN4O5/c1-3-4-5-12-33(15-19-6-8-21(9-7-19)35-16-22(14-32)40-30(35)39)25-13-24-26(18(2)27(25)31)28(36)23(29(37)38)17-34(24)20-10-11-20/h6-9,13,17,20,22H,3-5,10-12,15-16H2,1-2H3,(H,37,38). The minimum absolute atomic E-state index is 0.0814. The summed E-state index contributed by atoms with van der Waals surface area (Å²) < 4.78 is 22.9. The molecule has 1 saturated heterocycles. The first-order valence-electron chi connectivity index (χ1n) is 13.6. The number of rotatable bonds is 10.